The van der Waals surface area contributed by atoms with E-state index in [1.807, 2.05) is 0 Å². The zero-order valence-corrected chi connectivity index (χ0v) is 8.85. The Morgan fingerprint density at radius 3 is 3.00 bits per heavy atom. The first-order valence-corrected chi connectivity index (χ1v) is 5.21. The van der Waals surface area contributed by atoms with Crippen molar-refractivity contribution in [3.05, 3.63) is 0 Å². The van der Waals surface area contributed by atoms with Gasteiger partial charge < -0.3 is 15.4 Å². The summed E-state index contributed by atoms with van der Waals surface area (Å²) >= 11 is 0. The van der Waals surface area contributed by atoms with E-state index in [0.717, 1.165) is 32.6 Å². The summed E-state index contributed by atoms with van der Waals surface area (Å²) in [6.45, 7) is 5.69. The lowest BCUT2D eigenvalue weighted by Gasteiger charge is -2.15. The molecule has 0 aromatic carbocycles. The smallest absolute Gasteiger partial charge is 0.313 e. The third-order valence-corrected chi connectivity index (χ3v) is 3.71. The van der Waals surface area contributed by atoms with Crippen LogP contribution in [0.4, 0.5) is 0 Å². The largest absolute Gasteiger partial charge is 0.469 e. The van der Waals surface area contributed by atoms with Crippen LogP contribution in [0.15, 0.2) is 0 Å². The number of methoxy groups -OCH3 is 1. The summed E-state index contributed by atoms with van der Waals surface area (Å²) in [6.07, 6.45) is 0.979. The van der Waals surface area contributed by atoms with Crippen LogP contribution in [0.2, 0.25) is 0 Å². The zero-order chi connectivity index (χ0) is 10.2. The molecule has 0 spiro atoms. The topological polar surface area (TPSA) is 50.4 Å². The molecule has 1 aliphatic heterocycles. The van der Waals surface area contributed by atoms with E-state index < -0.39 is 0 Å². The number of piperidine rings is 1. The van der Waals surface area contributed by atoms with Crippen molar-refractivity contribution in [1.82, 2.24) is 10.6 Å². The predicted molar refractivity (Wildman–Crippen MR) is 52.9 cm³/mol. The highest BCUT2D eigenvalue weighted by molar-refractivity contribution is 5.83. The monoisotopic (exact) mass is 198 g/mol. The molecular formula is C10H18N2O2. The molecule has 2 atom stereocenters. The van der Waals surface area contributed by atoms with Gasteiger partial charge in [0.1, 0.15) is 0 Å². The van der Waals surface area contributed by atoms with Gasteiger partial charge in [-0.3, -0.25) is 4.79 Å². The second-order valence-electron chi connectivity index (χ2n) is 4.41. The Morgan fingerprint density at radius 2 is 2.36 bits per heavy atom. The highest BCUT2D eigenvalue weighted by atomic mass is 16.5. The van der Waals surface area contributed by atoms with Crippen LogP contribution in [0.1, 0.15) is 13.3 Å². The minimum atomic E-state index is -0.218. The summed E-state index contributed by atoms with van der Waals surface area (Å²) in [4.78, 5) is 11.7. The Labute approximate surface area is 84.4 Å². The maximum atomic E-state index is 11.7. The minimum Gasteiger partial charge on any atom is -0.469 e. The number of esters is 1. The molecule has 1 heterocycles. The molecule has 14 heavy (non-hydrogen) atoms. The van der Waals surface area contributed by atoms with E-state index in [9.17, 15) is 4.79 Å². The Hall–Kier alpha value is -0.610. The normalized spacial score (nSPS) is 39.3. The van der Waals surface area contributed by atoms with Crippen LogP contribution >= 0.6 is 0 Å². The Kier molecular flexibility index (Phi) is 2.27. The third kappa shape index (κ3) is 1.10. The standard InChI is InChI=1S/C10H18N2O2/c1-3-11-5-9-4-10(9,7-12-6-9)8(13)14-2/h11-12H,3-7H2,1-2H3. The van der Waals surface area contributed by atoms with Crippen molar-refractivity contribution in [2.75, 3.05) is 33.3 Å². The van der Waals surface area contributed by atoms with Crippen molar-refractivity contribution in [3.63, 3.8) is 0 Å². The van der Waals surface area contributed by atoms with E-state index >= 15 is 0 Å². The van der Waals surface area contributed by atoms with Gasteiger partial charge in [0.15, 0.2) is 0 Å². The number of hydrogen-bond acceptors (Lipinski definition) is 4. The number of rotatable bonds is 4. The molecule has 2 N–H and O–H groups in total. The van der Waals surface area contributed by atoms with Crippen molar-refractivity contribution >= 4 is 5.97 Å². The Balaban J connectivity index is 2.05. The van der Waals surface area contributed by atoms with Gasteiger partial charge in [0.2, 0.25) is 0 Å². The fraction of sp³-hybridized carbons (Fsp3) is 0.900. The lowest BCUT2D eigenvalue weighted by atomic mass is 9.96. The molecule has 4 nitrogen and oxygen atoms in total. The summed E-state index contributed by atoms with van der Waals surface area (Å²) in [6, 6.07) is 0. The molecule has 2 unspecified atom stereocenters. The Bertz CT molecular complexity index is 257. The molecule has 0 radical (unpaired) electrons. The van der Waals surface area contributed by atoms with Crippen LogP contribution in [0, 0.1) is 10.8 Å². The lowest BCUT2D eigenvalue weighted by Crippen LogP contribution is -2.32. The highest BCUT2D eigenvalue weighted by Gasteiger charge is 2.74. The van der Waals surface area contributed by atoms with Crippen LogP contribution in [0.5, 0.6) is 0 Å². The quantitative estimate of drug-likeness (QED) is 0.612. The molecule has 1 aliphatic carbocycles. The number of carbonyl (C=O) groups excluding carboxylic acids is 1. The molecule has 0 amide bonds. The molecule has 0 aromatic heterocycles. The number of hydrogen-bond donors (Lipinski definition) is 2. The van der Waals surface area contributed by atoms with Gasteiger partial charge in [-0.1, -0.05) is 6.92 Å². The maximum absolute atomic E-state index is 11.7. The highest BCUT2D eigenvalue weighted by Crippen LogP contribution is 2.66. The molecule has 2 fully saturated rings. The fourth-order valence-electron chi connectivity index (χ4n) is 2.75. The summed E-state index contributed by atoms with van der Waals surface area (Å²) in [5.74, 6) is -0.0413. The molecular weight excluding hydrogens is 180 g/mol. The average Bonchev–Trinajstić information content (AvgIpc) is 2.73. The third-order valence-electron chi connectivity index (χ3n) is 3.71. The number of carbonyl (C=O) groups is 1. The van der Waals surface area contributed by atoms with Gasteiger partial charge >= 0.3 is 5.97 Å². The number of ether oxygens (including phenoxy) is 1. The van der Waals surface area contributed by atoms with Crippen LogP contribution in [-0.4, -0.2) is 39.3 Å². The van der Waals surface area contributed by atoms with E-state index in [0.29, 0.717) is 0 Å². The van der Waals surface area contributed by atoms with Gasteiger partial charge in [-0.25, -0.2) is 0 Å². The molecule has 0 aromatic rings. The van der Waals surface area contributed by atoms with Crippen LogP contribution in [-0.2, 0) is 9.53 Å². The lowest BCUT2D eigenvalue weighted by molar-refractivity contribution is -0.147. The molecule has 2 rings (SSSR count). The summed E-state index contributed by atoms with van der Waals surface area (Å²) in [7, 11) is 1.48. The van der Waals surface area contributed by atoms with E-state index in [1.165, 1.54) is 7.11 Å². The number of nitrogens with one attached hydrogen (secondary N) is 2. The van der Waals surface area contributed by atoms with Crippen molar-refractivity contribution in [3.8, 4) is 0 Å². The number of fused-ring (bicyclic) bond motifs is 1. The van der Waals surface area contributed by atoms with Crippen molar-refractivity contribution in [2.45, 2.75) is 13.3 Å². The van der Waals surface area contributed by atoms with Crippen LogP contribution in [0.3, 0.4) is 0 Å². The first-order valence-electron chi connectivity index (χ1n) is 5.21. The fourth-order valence-corrected chi connectivity index (χ4v) is 2.75. The van der Waals surface area contributed by atoms with E-state index in [1.54, 1.807) is 0 Å². The second kappa shape index (κ2) is 3.21. The van der Waals surface area contributed by atoms with Gasteiger partial charge in [0, 0.05) is 25.0 Å². The average molecular weight is 198 g/mol. The minimum absolute atomic E-state index is 0.0413. The molecule has 2 aliphatic rings. The van der Waals surface area contributed by atoms with Crippen LogP contribution < -0.4 is 10.6 Å². The molecule has 0 bridgehead atoms. The van der Waals surface area contributed by atoms with Crippen molar-refractivity contribution in [2.24, 2.45) is 10.8 Å². The first-order chi connectivity index (χ1) is 6.71. The summed E-state index contributed by atoms with van der Waals surface area (Å²) in [5.41, 5.74) is -0.0833. The van der Waals surface area contributed by atoms with Crippen molar-refractivity contribution < 1.29 is 9.53 Å². The maximum Gasteiger partial charge on any atom is 0.313 e. The van der Waals surface area contributed by atoms with Gasteiger partial charge in [0.25, 0.3) is 0 Å². The van der Waals surface area contributed by atoms with E-state index in [-0.39, 0.29) is 16.8 Å². The Morgan fingerprint density at radius 1 is 1.57 bits per heavy atom. The molecule has 80 valence electrons. The first kappa shape index (κ1) is 9.93. The predicted octanol–water partition coefficient (Wildman–Crippen LogP) is -0.251. The molecule has 1 saturated carbocycles. The zero-order valence-electron chi connectivity index (χ0n) is 8.85. The van der Waals surface area contributed by atoms with Gasteiger partial charge in [0.05, 0.1) is 12.5 Å². The molecule has 1 saturated heterocycles. The SMILES string of the molecule is CCNCC12CNCC1(C(=O)OC)C2. The van der Waals surface area contributed by atoms with Gasteiger partial charge in [-0.15, -0.1) is 0 Å². The van der Waals surface area contributed by atoms with Gasteiger partial charge in [-0.2, -0.15) is 0 Å². The van der Waals surface area contributed by atoms with Gasteiger partial charge in [-0.05, 0) is 13.0 Å². The molecule has 4 heteroatoms. The second-order valence-corrected chi connectivity index (χ2v) is 4.41. The summed E-state index contributed by atoms with van der Waals surface area (Å²) in [5, 5.41) is 6.62. The van der Waals surface area contributed by atoms with E-state index in [2.05, 4.69) is 17.6 Å². The van der Waals surface area contributed by atoms with Crippen molar-refractivity contribution in [1.29, 1.82) is 0 Å². The summed E-state index contributed by atoms with van der Waals surface area (Å²) < 4.78 is 4.88. The van der Waals surface area contributed by atoms with E-state index in [4.69, 9.17) is 4.74 Å². The van der Waals surface area contributed by atoms with Crippen LogP contribution in [0.25, 0.3) is 0 Å².